The van der Waals surface area contributed by atoms with Crippen LogP contribution in [0.25, 0.3) is 0 Å². The van der Waals surface area contributed by atoms with E-state index in [1.54, 1.807) is 0 Å². The molecular weight excluding hydrogens is 212 g/mol. The van der Waals surface area contributed by atoms with Crippen LogP contribution in [0.15, 0.2) is 18.2 Å². The first-order chi connectivity index (χ1) is 8.33. The van der Waals surface area contributed by atoms with Crippen LogP contribution < -0.4 is 5.32 Å². The van der Waals surface area contributed by atoms with Gasteiger partial charge in [0.1, 0.15) is 0 Å². The van der Waals surface area contributed by atoms with Gasteiger partial charge < -0.3 is 15.3 Å². The van der Waals surface area contributed by atoms with E-state index in [-0.39, 0.29) is 6.10 Å². The van der Waals surface area contributed by atoms with Crippen molar-refractivity contribution in [3.05, 3.63) is 34.9 Å². The number of nitrogens with one attached hydrogen (secondary N) is 1. The summed E-state index contributed by atoms with van der Waals surface area (Å²) >= 11 is 0. The molecule has 0 aromatic heterocycles. The molecule has 1 unspecified atom stereocenters. The highest BCUT2D eigenvalue weighted by Gasteiger charge is 2.19. The van der Waals surface area contributed by atoms with Crippen LogP contribution in [0.1, 0.15) is 29.2 Å². The minimum absolute atomic E-state index is 0.331. The topological polar surface area (TPSA) is 35.5 Å². The highest BCUT2D eigenvalue weighted by Crippen LogP contribution is 2.22. The Morgan fingerprint density at radius 1 is 1.29 bits per heavy atom. The lowest BCUT2D eigenvalue weighted by Crippen LogP contribution is -2.39. The molecule has 0 amide bonds. The van der Waals surface area contributed by atoms with Gasteiger partial charge in [-0.3, -0.25) is 0 Å². The Morgan fingerprint density at radius 3 is 2.94 bits per heavy atom. The van der Waals surface area contributed by atoms with E-state index in [1.807, 2.05) is 0 Å². The number of hydrogen-bond acceptors (Lipinski definition) is 3. The van der Waals surface area contributed by atoms with E-state index in [9.17, 15) is 5.11 Å². The number of β-amino-alcohol motifs (C(OH)–C–C–N with tert-alkyl or cyclic N) is 1. The van der Waals surface area contributed by atoms with Gasteiger partial charge in [-0.2, -0.15) is 0 Å². The largest absolute Gasteiger partial charge is 0.387 e. The molecule has 1 aromatic carbocycles. The summed E-state index contributed by atoms with van der Waals surface area (Å²) in [4.78, 5) is 2.31. The number of aliphatic hydroxyl groups is 1. The van der Waals surface area contributed by atoms with Gasteiger partial charge in [0.15, 0.2) is 0 Å². The number of benzene rings is 1. The first-order valence-electron chi connectivity index (χ1n) is 6.56. The molecule has 3 nitrogen and oxygen atoms in total. The monoisotopic (exact) mass is 232 g/mol. The van der Waals surface area contributed by atoms with Crippen LogP contribution in [0.4, 0.5) is 0 Å². The lowest BCUT2D eigenvalue weighted by Gasteiger charge is -2.32. The molecule has 1 saturated heterocycles. The van der Waals surface area contributed by atoms with E-state index in [0.29, 0.717) is 0 Å². The minimum atomic E-state index is -0.331. The summed E-state index contributed by atoms with van der Waals surface area (Å²) in [6.45, 7) is 5.08. The number of rotatable bonds is 3. The van der Waals surface area contributed by atoms with Gasteiger partial charge in [0.25, 0.3) is 0 Å². The molecule has 0 saturated carbocycles. The maximum atomic E-state index is 10.2. The van der Waals surface area contributed by atoms with Crippen molar-refractivity contribution in [3.8, 4) is 0 Å². The lowest BCUT2D eigenvalue weighted by molar-refractivity contribution is 0.0788. The van der Waals surface area contributed by atoms with Crippen molar-refractivity contribution in [1.29, 1.82) is 0 Å². The first kappa shape index (κ1) is 11.2. The molecule has 2 N–H and O–H groups in total. The Kier molecular flexibility index (Phi) is 3.14. The number of nitrogens with zero attached hydrogens (tertiary/aromatic N) is 1. The molecule has 3 rings (SSSR count). The van der Waals surface area contributed by atoms with Gasteiger partial charge in [-0.15, -0.1) is 0 Å². The van der Waals surface area contributed by atoms with Gasteiger partial charge in [0.05, 0.1) is 6.10 Å². The predicted octanol–water partition coefficient (Wildman–Crippen LogP) is 1.07. The molecule has 92 valence electrons. The van der Waals surface area contributed by atoms with Crippen LogP contribution in [0.5, 0.6) is 0 Å². The molecule has 2 heterocycles. The Labute approximate surface area is 102 Å². The Balaban J connectivity index is 1.73. The van der Waals surface area contributed by atoms with Gasteiger partial charge in [0.2, 0.25) is 0 Å². The van der Waals surface area contributed by atoms with Crippen LogP contribution in [0.2, 0.25) is 0 Å². The fraction of sp³-hybridized carbons (Fsp3) is 0.571. The SMILES string of the molecule is OC(CN1CCC1)c1ccc2c(c1)CNCC2. The van der Waals surface area contributed by atoms with E-state index in [4.69, 9.17) is 0 Å². The minimum Gasteiger partial charge on any atom is -0.387 e. The smallest absolute Gasteiger partial charge is 0.0917 e. The zero-order valence-electron chi connectivity index (χ0n) is 10.2. The summed E-state index contributed by atoms with van der Waals surface area (Å²) in [5.41, 5.74) is 3.86. The Hall–Kier alpha value is -0.900. The number of aliphatic hydroxyl groups excluding tert-OH is 1. The van der Waals surface area contributed by atoms with Crippen molar-refractivity contribution >= 4 is 0 Å². The van der Waals surface area contributed by atoms with Crippen LogP contribution in [-0.4, -0.2) is 36.2 Å². The highest BCUT2D eigenvalue weighted by molar-refractivity contribution is 5.34. The Morgan fingerprint density at radius 2 is 2.18 bits per heavy atom. The summed E-state index contributed by atoms with van der Waals surface area (Å²) in [6.07, 6.45) is 2.06. The van der Waals surface area contributed by atoms with Gasteiger partial charge in [-0.05, 0) is 49.2 Å². The summed E-state index contributed by atoms with van der Waals surface area (Å²) in [7, 11) is 0. The molecule has 17 heavy (non-hydrogen) atoms. The molecule has 2 aliphatic heterocycles. The lowest BCUT2D eigenvalue weighted by atomic mass is 9.96. The van der Waals surface area contributed by atoms with Crippen molar-refractivity contribution in [2.45, 2.75) is 25.5 Å². The summed E-state index contributed by atoms with van der Waals surface area (Å²) in [5.74, 6) is 0. The average Bonchev–Trinajstić information content (AvgIpc) is 2.33. The normalized spacial score (nSPS) is 21.7. The fourth-order valence-corrected chi connectivity index (χ4v) is 2.62. The molecular formula is C14H20N2O. The second kappa shape index (κ2) is 4.77. The van der Waals surface area contributed by atoms with Crippen molar-refractivity contribution in [2.24, 2.45) is 0 Å². The number of fused-ring (bicyclic) bond motifs is 1. The van der Waals surface area contributed by atoms with Gasteiger partial charge in [-0.25, -0.2) is 0 Å². The standard InChI is InChI=1S/C14H20N2O/c17-14(10-16-6-1-7-16)12-3-2-11-4-5-15-9-13(11)8-12/h2-3,8,14-15,17H,1,4-7,9-10H2. The number of likely N-dealkylation sites (tertiary alicyclic amines) is 1. The molecule has 1 aromatic rings. The van der Waals surface area contributed by atoms with E-state index >= 15 is 0 Å². The molecule has 3 heteroatoms. The second-order valence-electron chi connectivity index (χ2n) is 5.12. The predicted molar refractivity (Wildman–Crippen MR) is 67.9 cm³/mol. The van der Waals surface area contributed by atoms with Crippen molar-refractivity contribution in [2.75, 3.05) is 26.2 Å². The van der Waals surface area contributed by atoms with Crippen LogP contribution >= 0.6 is 0 Å². The third-order valence-corrected chi connectivity index (χ3v) is 3.88. The van der Waals surface area contributed by atoms with E-state index in [0.717, 1.165) is 44.7 Å². The van der Waals surface area contributed by atoms with Gasteiger partial charge in [-0.1, -0.05) is 18.2 Å². The molecule has 0 radical (unpaired) electrons. The third-order valence-electron chi connectivity index (χ3n) is 3.88. The molecule has 0 spiro atoms. The summed E-state index contributed by atoms with van der Waals surface area (Å²) in [5, 5.41) is 13.6. The average molecular weight is 232 g/mol. The summed E-state index contributed by atoms with van der Waals surface area (Å²) in [6, 6.07) is 6.45. The van der Waals surface area contributed by atoms with Gasteiger partial charge in [0, 0.05) is 13.1 Å². The van der Waals surface area contributed by atoms with Gasteiger partial charge >= 0.3 is 0 Å². The molecule has 0 bridgehead atoms. The van der Waals surface area contributed by atoms with Crippen molar-refractivity contribution < 1.29 is 5.11 Å². The van der Waals surface area contributed by atoms with Crippen LogP contribution in [-0.2, 0) is 13.0 Å². The molecule has 1 atom stereocenters. The zero-order valence-corrected chi connectivity index (χ0v) is 10.2. The molecule has 2 aliphatic rings. The zero-order chi connectivity index (χ0) is 11.7. The maximum Gasteiger partial charge on any atom is 0.0917 e. The summed E-state index contributed by atoms with van der Waals surface area (Å²) < 4.78 is 0. The van der Waals surface area contributed by atoms with E-state index < -0.39 is 0 Å². The second-order valence-corrected chi connectivity index (χ2v) is 5.12. The van der Waals surface area contributed by atoms with Crippen molar-refractivity contribution in [1.82, 2.24) is 10.2 Å². The Bertz CT molecular complexity index is 401. The van der Waals surface area contributed by atoms with Crippen LogP contribution in [0, 0.1) is 0 Å². The highest BCUT2D eigenvalue weighted by atomic mass is 16.3. The maximum absolute atomic E-state index is 10.2. The van der Waals surface area contributed by atoms with E-state index in [2.05, 4.69) is 28.4 Å². The quantitative estimate of drug-likeness (QED) is 0.818. The van der Waals surface area contributed by atoms with Crippen molar-refractivity contribution in [3.63, 3.8) is 0 Å². The molecule has 0 aliphatic carbocycles. The van der Waals surface area contributed by atoms with Crippen LogP contribution in [0.3, 0.4) is 0 Å². The third kappa shape index (κ3) is 2.37. The number of hydrogen-bond donors (Lipinski definition) is 2. The van der Waals surface area contributed by atoms with E-state index in [1.165, 1.54) is 17.5 Å². The first-order valence-corrected chi connectivity index (χ1v) is 6.56. The molecule has 1 fully saturated rings. The fourth-order valence-electron chi connectivity index (χ4n) is 2.62.